The largest absolute Gasteiger partial charge is 0.379 e. The van der Waals surface area contributed by atoms with E-state index in [-0.39, 0.29) is 34.5 Å². The first kappa shape index (κ1) is 20.8. The fraction of sp³-hybridized carbons (Fsp3) is 0.353. The van der Waals surface area contributed by atoms with Crippen LogP contribution in [0, 0.1) is 0 Å². The molecule has 1 aliphatic heterocycles. The van der Waals surface area contributed by atoms with E-state index in [9.17, 15) is 13.2 Å². The van der Waals surface area contributed by atoms with Crippen LogP contribution in [0.1, 0.15) is 15.2 Å². The maximum Gasteiger partial charge on any atom is 0.253 e. The van der Waals surface area contributed by atoms with Crippen LogP contribution in [0.15, 0.2) is 39.0 Å². The molecule has 27 heavy (non-hydrogen) atoms. The predicted octanol–water partition coefficient (Wildman–Crippen LogP) is 3.46. The number of hydrogen-bond donors (Lipinski definition) is 0. The quantitative estimate of drug-likeness (QED) is 0.640. The molecule has 6 nitrogen and oxygen atoms in total. The van der Waals surface area contributed by atoms with E-state index < -0.39 is 10.0 Å². The van der Waals surface area contributed by atoms with Gasteiger partial charge in [-0.1, -0.05) is 11.6 Å². The number of rotatable bonds is 5. The highest BCUT2D eigenvalue weighted by Gasteiger charge is 2.29. The van der Waals surface area contributed by atoms with Crippen LogP contribution < -0.4 is 0 Å². The van der Waals surface area contributed by atoms with Crippen LogP contribution >= 0.6 is 38.9 Å². The van der Waals surface area contributed by atoms with Gasteiger partial charge in [0.25, 0.3) is 5.91 Å². The van der Waals surface area contributed by atoms with E-state index in [0.29, 0.717) is 19.8 Å². The molecule has 0 atom stereocenters. The number of benzene rings is 1. The van der Waals surface area contributed by atoms with Crippen LogP contribution in [0.5, 0.6) is 0 Å². The number of ether oxygens (including phenoxy) is 1. The minimum atomic E-state index is -3.78. The van der Waals surface area contributed by atoms with Crippen molar-refractivity contribution >= 4 is 54.8 Å². The Hall–Kier alpha value is -0.970. The summed E-state index contributed by atoms with van der Waals surface area (Å²) in [4.78, 5) is 15.3. The lowest BCUT2D eigenvalue weighted by Crippen LogP contribution is -2.40. The molecule has 10 heteroatoms. The van der Waals surface area contributed by atoms with Gasteiger partial charge in [-0.25, -0.2) is 8.42 Å². The van der Waals surface area contributed by atoms with Crippen LogP contribution in [-0.4, -0.2) is 56.9 Å². The summed E-state index contributed by atoms with van der Waals surface area (Å²) in [6.07, 6.45) is 0. The molecule has 0 aliphatic carbocycles. The minimum absolute atomic E-state index is 0.0517. The number of amides is 1. The average Bonchev–Trinajstić information content (AvgIpc) is 3.06. The normalized spacial score (nSPS) is 15.7. The smallest absolute Gasteiger partial charge is 0.253 e. The van der Waals surface area contributed by atoms with E-state index in [2.05, 4.69) is 15.9 Å². The third-order valence-electron chi connectivity index (χ3n) is 4.13. The molecule has 1 aromatic heterocycles. The Balaban J connectivity index is 1.84. The van der Waals surface area contributed by atoms with Crippen molar-refractivity contribution in [1.29, 1.82) is 0 Å². The average molecular weight is 494 g/mol. The highest BCUT2D eigenvalue weighted by Crippen LogP contribution is 2.28. The zero-order valence-electron chi connectivity index (χ0n) is 14.5. The standard InChI is InChI=1S/C17H18BrClN2O4S2/c1-20(11-13-3-5-16(18)26-13)17(22)12-2-4-14(19)15(10-12)27(23,24)21-6-8-25-9-7-21/h2-5,10H,6-9,11H2,1H3. The van der Waals surface area contributed by atoms with Gasteiger partial charge in [0.1, 0.15) is 4.90 Å². The minimum Gasteiger partial charge on any atom is -0.379 e. The molecule has 146 valence electrons. The summed E-state index contributed by atoms with van der Waals surface area (Å²) < 4.78 is 33.3. The third kappa shape index (κ3) is 4.72. The van der Waals surface area contributed by atoms with Crippen LogP contribution in [0.2, 0.25) is 5.02 Å². The van der Waals surface area contributed by atoms with Gasteiger partial charge in [0.2, 0.25) is 10.0 Å². The van der Waals surface area contributed by atoms with Gasteiger partial charge in [-0.15, -0.1) is 11.3 Å². The fourth-order valence-electron chi connectivity index (χ4n) is 2.72. The molecular formula is C17H18BrClN2O4S2. The molecule has 3 rings (SSSR count). The highest BCUT2D eigenvalue weighted by atomic mass is 79.9. The number of halogens is 2. The molecule has 0 unspecified atom stereocenters. The van der Waals surface area contributed by atoms with Gasteiger partial charge in [-0.05, 0) is 46.3 Å². The number of sulfonamides is 1. The van der Waals surface area contributed by atoms with Gasteiger partial charge < -0.3 is 9.64 Å². The van der Waals surface area contributed by atoms with Crippen molar-refractivity contribution in [3.8, 4) is 0 Å². The molecule has 0 radical (unpaired) electrons. The van der Waals surface area contributed by atoms with Crippen LogP contribution in [0.4, 0.5) is 0 Å². The molecule has 1 fully saturated rings. The van der Waals surface area contributed by atoms with Crippen molar-refractivity contribution < 1.29 is 17.9 Å². The first-order valence-electron chi connectivity index (χ1n) is 8.16. The zero-order valence-corrected chi connectivity index (χ0v) is 18.5. The number of morpholine rings is 1. The molecule has 1 amide bonds. The maximum absolute atomic E-state index is 12.9. The van der Waals surface area contributed by atoms with Crippen molar-refractivity contribution in [1.82, 2.24) is 9.21 Å². The van der Waals surface area contributed by atoms with Gasteiger partial charge in [0.15, 0.2) is 0 Å². The van der Waals surface area contributed by atoms with Crippen molar-refractivity contribution in [2.24, 2.45) is 0 Å². The second-order valence-electron chi connectivity index (χ2n) is 6.03. The number of hydrogen-bond acceptors (Lipinski definition) is 5. The third-order valence-corrected chi connectivity index (χ3v) is 8.12. The molecular weight excluding hydrogens is 476 g/mol. The Bertz CT molecular complexity index is 942. The molecule has 2 aromatic rings. The number of carbonyl (C=O) groups is 1. The van der Waals surface area contributed by atoms with E-state index in [0.717, 1.165) is 8.66 Å². The lowest BCUT2D eigenvalue weighted by molar-refractivity contribution is 0.0730. The van der Waals surface area contributed by atoms with E-state index in [1.54, 1.807) is 29.4 Å². The molecule has 2 heterocycles. The SMILES string of the molecule is CN(Cc1ccc(Br)s1)C(=O)c1ccc(Cl)c(S(=O)(=O)N2CCOCC2)c1. The van der Waals surface area contributed by atoms with Crippen LogP contribution in [0.3, 0.4) is 0 Å². The highest BCUT2D eigenvalue weighted by molar-refractivity contribution is 9.11. The molecule has 1 saturated heterocycles. The van der Waals surface area contributed by atoms with Gasteiger partial charge in [-0.2, -0.15) is 4.31 Å². The maximum atomic E-state index is 12.9. The van der Waals surface area contributed by atoms with Gasteiger partial charge in [0.05, 0.1) is 28.6 Å². The lowest BCUT2D eigenvalue weighted by atomic mass is 10.2. The first-order chi connectivity index (χ1) is 12.8. The summed E-state index contributed by atoms with van der Waals surface area (Å²) in [6.45, 7) is 1.65. The zero-order chi connectivity index (χ0) is 19.6. The topological polar surface area (TPSA) is 66.9 Å². The predicted molar refractivity (Wildman–Crippen MR) is 109 cm³/mol. The van der Waals surface area contributed by atoms with Gasteiger partial charge >= 0.3 is 0 Å². The van der Waals surface area contributed by atoms with E-state index in [4.69, 9.17) is 16.3 Å². The van der Waals surface area contributed by atoms with Crippen molar-refractivity contribution in [3.63, 3.8) is 0 Å². The Morgan fingerprint density at radius 1 is 1.30 bits per heavy atom. The molecule has 0 spiro atoms. The summed E-state index contributed by atoms with van der Waals surface area (Å²) in [5.41, 5.74) is 0.282. The van der Waals surface area contributed by atoms with Crippen molar-refractivity contribution in [3.05, 3.63) is 49.6 Å². The summed E-state index contributed by atoms with van der Waals surface area (Å²) >= 11 is 11.1. The van der Waals surface area contributed by atoms with E-state index >= 15 is 0 Å². The van der Waals surface area contributed by atoms with Gasteiger partial charge in [0, 0.05) is 30.6 Å². The van der Waals surface area contributed by atoms with Crippen LogP contribution in [-0.2, 0) is 21.3 Å². The number of carbonyl (C=O) groups excluding carboxylic acids is 1. The fourth-order valence-corrected chi connectivity index (χ4v) is 6.17. The summed E-state index contributed by atoms with van der Waals surface area (Å²) in [5.74, 6) is -0.269. The molecule has 0 saturated carbocycles. The molecule has 1 aliphatic rings. The molecule has 0 bridgehead atoms. The summed E-state index contributed by atoms with van der Waals surface area (Å²) in [7, 11) is -2.10. The lowest BCUT2D eigenvalue weighted by Gasteiger charge is -2.26. The summed E-state index contributed by atoms with van der Waals surface area (Å²) in [6, 6.07) is 8.22. The van der Waals surface area contributed by atoms with Crippen molar-refractivity contribution in [2.45, 2.75) is 11.4 Å². The second kappa shape index (κ2) is 8.59. The first-order valence-corrected chi connectivity index (χ1v) is 11.6. The molecule has 1 aromatic carbocycles. The Labute approximate surface area is 175 Å². The van der Waals surface area contributed by atoms with Gasteiger partial charge in [-0.3, -0.25) is 4.79 Å². The number of thiophene rings is 1. The summed E-state index contributed by atoms with van der Waals surface area (Å²) in [5, 5.41) is 0.0999. The Morgan fingerprint density at radius 2 is 2.00 bits per heavy atom. The van der Waals surface area contributed by atoms with E-state index in [1.807, 2.05) is 12.1 Å². The Morgan fingerprint density at radius 3 is 2.63 bits per heavy atom. The monoisotopic (exact) mass is 492 g/mol. The van der Waals surface area contributed by atoms with Crippen molar-refractivity contribution in [2.75, 3.05) is 33.4 Å². The second-order valence-corrected chi connectivity index (χ2v) is 10.9. The Kier molecular flexibility index (Phi) is 6.60. The molecule has 0 N–H and O–H groups in total. The van der Waals surface area contributed by atoms with Crippen LogP contribution in [0.25, 0.3) is 0 Å². The number of nitrogens with zero attached hydrogens (tertiary/aromatic N) is 2. The van der Waals surface area contributed by atoms with E-state index in [1.165, 1.54) is 16.4 Å².